The number of alkyl halides is 4. The highest BCUT2D eigenvalue weighted by atomic mass is 19.3. The predicted octanol–water partition coefficient (Wildman–Crippen LogP) is 4.86. The van der Waals surface area contributed by atoms with Gasteiger partial charge in [-0.15, -0.1) is 0 Å². The van der Waals surface area contributed by atoms with Crippen LogP contribution in [0.5, 0.6) is 0 Å². The molecule has 17 heavy (non-hydrogen) atoms. The van der Waals surface area contributed by atoms with E-state index in [2.05, 4.69) is 4.74 Å². The monoisotopic (exact) mass is 258 g/mol. The Kier molecular flexibility index (Phi) is 4.66. The zero-order valence-electron chi connectivity index (χ0n) is 11.3. The fraction of sp³-hybridized carbons (Fsp3) is 1.00. The summed E-state index contributed by atoms with van der Waals surface area (Å²) in [6.07, 6.45) is -4.30. The number of halogens is 4. The van der Waals surface area contributed by atoms with Crippen molar-refractivity contribution in [2.45, 2.75) is 72.0 Å². The Morgan fingerprint density at radius 3 is 1.53 bits per heavy atom. The van der Waals surface area contributed by atoms with Crippen LogP contribution in [0.1, 0.15) is 54.4 Å². The molecule has 1 nitrogen and oxygen atoms in total. The lowest BCUT2D eigenvalue weighted by atomic mass is 9.82. The minimum Gasteiger partial charge on any atom is -0.310 e. The van der Waals surface area contributed by atoms with Crippen LogP contribution in [-0.4, -0.2) is 17.6 Å². The molecule has 0 spiro atoms. The topological polar surface area (TPSA) is 9.23 Å². The Morgan fingerprint density at radius 2 is 1.24 bits per heavy atom. The highest BCUT2D eigenvalue weighted by Gasteiger charge is 2.66. The van der Waals surface area contributed by atoms with Gasteiger partial charge in [-0.2, -0.15) is 17.6 Å². The SMILES string of the molecule is CCC(C)(C)OC(F)(F)C(F)(F)C(C)(C)CC. The van der Waals surface area contributed by atoms with E-state index in [-0.39, 0.29) is 12.8 Å². The van der Waals surface area contributed by atoms with E-state index in [1.54, 1.807) is 6.92 Å². The van der Waals surface area contributed by atoms with Crippen LogP contribution in [0.4, 0.5) is 17.6 Å². The maximum Gasteiger partial charge on any atom is 0.420 e. The van der Waals surface area contributed by atoms with Gasteiger partial charge in [-0.1, -0.05) is 27.7 Å². The molecule has 0 unspecified atom stereocenters. The Hall–Kier alpha value is -0.320. The molecule has 0 aromatic carbocycles. The van der Waals surface area contributed by atoms with E-state index in [1.807, 2.05) is 0 Å². The van der Waals surface area contributed by atoms with Crippen molar-refractivity contribution < 1.29 is 22.3 Å². The Balaban J connectivity index is 5.17. The molecule has 0 aliphatic rings. The van der Waals surface area contributed by atoms with Gasteiger partial charge >= 0.3 is 12.0 Å². The first kappa shape index (κ1) is 16.7. The molecule has 0 aliphatic heterocycles. The second kappa shape index (κ2) is 4.75. The van der Waals surface area contributed by atoms with Gasteiger partial charge < -0.3 is 4.74 Å². The quantitative estimate of drug-likeness (QED) is 0.618. The smallest absolute Gasteiger partial charge is 0.310 e. The molecule has 0 rings (SSSR count). The lowest BCUT2D eigenvalue weighted by Gasteiger charge is -2.40. The van der Waals surface area contributed by atoms with Crippen molar-refractivity contribution in [3.63, 3.8) is 0 Å². The Morgan fingerprint density at radius 1 is 0.824 bits per heavy atom. The van der Waals surface area contributed by atoms with Gasteiger partial charge in [0.15, 0.2) is 0 Å². The van der Waals surface area contributed by atoms with Crippen molar-refractivity contribution >= 4 is 0 Å². The first-order chi connectivity index (χ1) is 7.33. The maximum atomic E-state index is 13.8. The van der Waals surface area contributed by atoms with Crippen molar-refractivity contribution in [2.24, 2.45) is 5.41 Å². The van der Waals surface area contributed by atoms with E-state index in [0.29, 0.717) is 0 Å². The summed E-state index contributed by atoms with van der Waals surface area (Å²) in [5.41, 5.74) is -3.10. The highest BCUT2D eigenvalue weighted by molar-refractivity contribution is 4.92. The lowest BCUT2D eigenvalue weighted by molar-refractivity contribution is -0.400. The summed E-state index contributed by atoms with van der Waals surface area (Å²) < 4.78 is 59.1. The molecule has 0 aliphatic carbocycles. The minimum atomic E-state index is -4.47. The van der Waals surface area contributed by atoms with Gasteiger partial charge in [-0.3, -0.25) is 0 Å². The molecule has 0 heterocycles. The second-order valence-corrected chi connectivity index (χ2v) is 5.54. The number of rotatable bonds is 6. The molecule has 0 amide bonds. The molecule has 0 fully saturated rings. The summed E-state index contributed by atoms with van der Waals surface area (Å²) in [7, 11) is 0. The number of ether oxygens (including phenoxy) is 1. The van der Waals surface area contributed by atoms with Gasteiger partial charge in [0.1, 0.15) is 0 Å². The van der Waals surface area contributed by atoms with Crippen LogP contribution in [0, 0.1) is 5.41 Å². The molecule has 0 saturated carbocycles. The molecule has 0 aromatic rings. The van der Waals surface area contributed by atoms with Gasteiger partial charge in [0.25, 0.3) is 0 Å². The van der Waals surface area contributed by atoms with Crippen molar-refractivity contribution in [2.75, 3.05) is 0 Å². The summed E-state index contributed by atoms with van der Waals surface area (Å²) >= 11 is 0. The Bertz CT molecular complexity index is 259. The van der Waals surface area contributed by atoms with Gasteiger partial charge in [-0.25, -0.2) is 0 Å². The zero-order valence-corrected chi connectivity index (χ0v) is 11.3. The van der Waals surface area contributed by atoms with Crippen LogP contribution < -0.4 is 0 Å². The molecule has 0 atom stereocenters. The molecule has 5 heteroatoms. The van der Waals surface area contributed by atoms with Crippen LogP contribution in [0.2, 0.25) is 0 Å². The standard InChI is InChI=1S/C12H22F4O/c1-7-9(3,4)11(13,14)12(15,16)17-10(5,6)8-2/h7-8H2,1-6H3. The molecular formula is C12H22F4O. The van der Waals surface area contributed by atoms with Crippen LogP contribution in [0.15, 0.2) is 0 Å². The third-order valence-corrected chi connectivity index (χ3v) is 3.36. The van der Waals surface area contributed by atoms with Gasteiger partial charge in [0.2, 0.25) is 0 Å². The largest absolute Gasteiger partial charge is 0.420 e. The average molecular weight is 258 g/mol. The average Bonchev–Trinajstić information content (AvgIpc) is 2.15. The van der Waals surface area contributed by atoms with Gasteiger partial charge in [0, 0.05) is 5.41 Å². The summed E-state index contributed by atoms with van der Waals surface area (Å²) in [4.78, 5) is 0. The maximum absolute atomic E-state index is 13.8. The molecule has 0 N–H and O–H groups in total. The molecule has 0 saturated heterocycles. The van der Waals surface area contributed by atoms with E-state index in [9.17, 15) is 17.6 Å². The number of hydrogen-bond acceptors (Lipinski definition) is 1. The highest BCUT2D eigenvalue weighted by Crippen LogP contribution is 2.50. The van der Waals surface area contributed by atoms with Crippen LogP contribution in [0.3, 0.4) is 0 Å². The van der Waals surface area contributed by atoms with E-state index in [0.717, 1.165) is 13.8 Å². The minimum absolute atomic E-state index is 0.0640. The fourth-order valence-corrected chi connectivity index (χ4v) is 1.10. The van der Waals surface area contributed by atoms with E-state index in [1.165, 1.54) is 20.8 Å². The van der Waals surface area contributed by atoms with Crippen molar-refractivity contribution in [1.29, 1.82) is 0 Å². The van der Waals surface area contributed by atoms with E-state index >= 15 is 0 Å². The van der Waals surface area contributed by atoms with Gasteiger partial charge in [-0.05, 0) is 26.7 Å². The first-order valence-electron chi connectivity index (χ1n) is 5.79. The number of hydrogen-bond donors (Lipinski definition) is 0. The summed E-state index contributed by atoms with van der Waals surface area (Å²) in [6, 6.07) is 0. The molecule has 0 aromatic heterocycles. The van der Waals surface area contributed by atoms with Crippen molar-refractivity contribution in [3.8, 4) is 0 Å². The predicted molar refractivity (Wildman–Crippen MR) is 59.4 cm³/mol. The third kappa shape index (κ3) is 3.33. The van der Waals surface area contributed by atoms with Crippen LogP contribution in [0.25, 0.3) is 0 Å². The third-order valence-electron chi connectivity index (χ3n) is 3.36. The molecule has 0 radical (unpaired) electrons. The van der Waals surface area contributed by atoms with Gasteiger partial charge in [0.05, 0.1) is 5.60 Å². The van der Waals surface area contributed by atoms with Crippen molar-refractivity contribution in [3.05, 3.63) is 0 Å². The van der Waals surface area contributed by atoms with E-state index < -0.39 is 23.0 Å². The molecular weight excluding hydrogens is 236 g/mol. The summed E-state index contributed by atoms with van der Waals surface area (Å²) in [5.74, 6) is -4.21. The molecule has 104 valence electrons. The van der Waals surface area contributed by atoms with Crippen LogP contribution >= 0.6 is 0 Å². The zero-order chi connectivity index (χ0) is 14.1. The Labute approximate surface area is 101 Å². The van der Waals surface area contributed by atoms with E-state index in [4.69, 9.17) is 0 Å². The second-order valence-electron chi connectivity index (χ2n) is 5.54. The first-order valence-corrected chi connectivity index (χ1v) is 5.79. The van der Waals surface area contributed by atoms with Crippen molar-refractivity contribution in [1.82, 2.24) is 0 Å². The van der Waals surface area contributed by atoms with Crippen LogP contribution in [-0.2, 0) is 4.74 Å². The fourth-order valence-electron chi connectivity index (χ4n) is 1.10. The summed E-state index contributed by atoms with van der Waals surface area (Å²) in [6.45, 7) is 8.03. The summed E-state index contributed by atoms with van der Waals surface area (Å²) in [5, 5.41) is 0. The normalized spacial score (nSPS) is 15.2. The lowest BCUT2D eigenvalue weighted by Crippen LogP contribution is -2.55. The molecule has 0 bridgehead atoms.